The highest BCUT2D eigenvalue weighted by molar-refractivity contribution is 5.85. The van der Waals surface area contributed by atoms with Crippen molar-refractivity contribution in [2.75, 3.05) is 26.7 Å². The van der Waals surface area contributed by atoms with Gasteiger partial charge in [0.25, 0.3) is 0 Å². The maximum atomic E-state index is 15.9. The maximum absolute atomic E-state index is 15.9. The van der Waals surface area contributed by atoms with E-state index in [9.17, 15) is 28.2 Å². The van der Waals surface area contributed by atoms with Gasteiger partial charge in [0.05, 0.1) is 25.7 Å². The summed E-state index contributed by atoms with van der Waals surface area (Å²) in [4.78, 5) is 18.3. The first kappa shape index (κ1) is 29.7. The number of carboxylic acids is 1. The quantitative estimate of drug-likeness (QED) is 0.204. The van der Waals surface area contributed by atoms with E-state index in [4.69, 9.17) is 4.74 Å². The number of aromatic nitrogens is 1. The van der Waals surface area contributed by atoms with Gasteiger partial charge in [0, 0.05) is 22.7 Å². The Morgan fingerprint density at radius 3 is 2.48 bits per heavy atom. The van der Waals surface area contributed by atoms with Crippen LogP contribution in [-0.4, -0.2) is 52.8 Å². The van der Waals surface area contributed by atoms with Gasteiger partial charge in [0.15, 0.2) is 17.5 Å². The van der Waals surface area contributed by atoms with E-state index in [1.165, 1.54) is 13.3 Å². The second-order valence-electron chi connectivity index (χ2n) is 10.6. The topological polar surface area (TPSA) is 82.9 Å². The molecule has 0 radical (unpaired) electrons. The van der Waals surface area contributed by atoms with E-state index in [-0.39, 0.29) is 19.4 Å². The molecule has 1 aromatic heterocycles. The van der Waals surface area contributed by atoms with Crippen LogP contribution in [0.5, 0.6) is 5.75 Å². The van der Waals surface area contributed by atoms with Gasteiger partial charge in [-0.2, -0.15) is 0 Å². The van der Waals surface area contributed by atoms with Crippen molar-refractivity contribution in [3.8, 4) is 5.75 Å². The van der Waals surface area contributed by atoms with Crippen molar-refractivity contribution in [2.45, 2.75) is 57.7 Å². The number of pyridine rings is 1. The first-order valence-corrected chi connectivity index (χ1v) is 13.4. The number of methoxy groups -OCH3 is 1. The van der Waals surface area contributed by atoms with Crippen molar-refractivity contribution in [3.05, 3.63) is 70.7 Å². The number of aliphatic carboxylic acids is 1. The fourth-order valence-electron chi connectivity index (χ4n) is 5.78. The average Bonchev–Trinajstić information content (AvgIpc) is 2.94. The lowest BCUT2D eigenvalue weighted by molar-refractivity contribution is -0.141. The van der Waals surface area contributed by atoms with E-state index in [1.807, 2.05) is 0 Å². The fraction of sp³-hybridized carbons (Fsp3) is 0.467. The van der Waals surface area contributed by atoms with Crippen molar-refractivity contribution in [3.63, 3.8) is 0 Å². The summed E-state index contributed by atoms with van der Waals surface area (Å²) in [7, 11) is 1.52. The molecule has 1 aliphatic rings. The molecule has 0 bridgehead atoms. The molecule has 2 aromatic carbocycles. The normalized spacial score (nSPS) is 16.2. The van der Waals surface area contributed by atoms with E-state index in [0.29, 0.717) is 85.1 Å². The highest BCUT2D eigenvalue weighted by Crippen LogP contribution is 2.43. The number of fused-ring (bicyclic) bond motifs is 1. The fourth-order valence-corrected chi connectivity index (χ4v) is 5.78. The van der Waals surface area contributed by atoms with Crippen LogP contribution in [0.2, 0.25) is 0 Å². The van der Waals surface area contributed by atoms with Crippen molar-refractivity contribution >= 4 is 16.9 Å². The monoisotopic (exact) mass is 562 g/mol. The van der Waals surface area contributed by atoms with Crippen molar-refractivity contribution in [1.82, 2.24) is 9.88 Å². The molecule has 1 atom stereocenters. The Morgan fingerprint density at radius 2 is 1.85 bits per heavy atom. The van der Waals surface area contributed by atoms with Gasteiger partial charge in [-0.15, -0.1) is 0 Å². The van der Waals surface area contributed by atoms with Crippen LogP contribution in [0.4, 0.5) is 17.6 Å². The smallest absolute Gasteiger partial charge is 0.303 e. The average molecular weight is 563 g/mol. The summed E-state index contributed by atoms with van der Waals surface area (Å²) in [5, 5.41) is 20.1. The van der Waals surface area contributed by atoms with Gasteiger partial charge in [-0.25, -0.2) is 17.6 Å². The molecule has 1 aliphatic heterocycles. The number of carboxylic acid groups (broad SMARTS) is 1. The number of likely N-dealkylation sites (tertiary alicyclic amines) is 1. The molecule has 6 nitrogen and oxygen atoms in total. The first-order valence-electron chi connectivity index (χ1n) is 13.4. The predicted octanol–water partition coefficient (Wildman–Crippen LogP) is 6.13. The van der Waals surface area contributed by atoms with Gasteiger partial charge in [0.1, 0.15) is 11.9 Å². The molecule has 0 unspecified atom stereocenters. The molecule has 1 fully saturated rings. The first-order chi connectivity index (χ1) is 19.1. The van der Waals surface area contributed by atoms with Crippen LogP contribution >= 0.6 is 0 Å². The molecular weight excluding hydrogens is 528 g/mol. The summed E-state index contributed by atoms with van der Waals surface area (Å²) in [5.74, 6) is -4.28. The van der Waals surface area contributed by atoms with Gasteiger partial charge in [0.2, 0.25) is 0 Å². The van der Waals surface area contributed by atoms with Gasteiger partial charge < -0.3 is 19.8 Å². The lowest BCUT2D eigenvalue weighted by atomic mass is 9.71. The zero-order valence-corrected chi connectivity index (χ0v) is 22.4. The van der Waals surface area contributed by atoms with Crippen LogP contribution in [0, 0.1) is 22.9 Å². The Balaban J connectivity index is 1.40. The Hall–Kier alpha value is -3.24. The number of alkyl halides is 1. The number of piperidine rings is 1. The molecule has 216 valence electrons. The standard InChI is InChI=1S/C30H34F4N2O4/c1-40-21-4-5-26-22(15-21)28(20(18-37)17-35-26)23(31)6-7-30(16-27(38)39)8-11-36(12-9-30)10-2-3-19-13-24(32)29(34)25(33)14-19/h4-5,13-15,17,23,37H,2-3,6-12,16,18H2,1H3,(H,38,39)/t23-/m1/s1. The molecule has 0 aliphatic carbocycles. The summed E-state index contributed by atoms with van der Waals surface area (Å²) in [5.41, 5.74) is 1.12. The van der Waals surface area contributed by atoms with Crippen LogP contribution in [0.1, 0.15) is 61.4 Å². The summed E-state index contributed by atoms with van der Waals surface area (Å²) in [6.07, 6.45) is 2.56. The molecule has 0 amide bonds. The molecule has 1 saturated heterocycles. The molecule has 0 spiro atoms. The number of benzene rings is 2. The predicted molar refractivity (Wildman–Crippen MR) is 142 cm³/mol. The van der Waals surface area contributed by atoms with Gasteiger partial charge >= 0.3 is 5.97 Å². The zero-order chi connectivity index (χ0) is 28.9. The maximum Gasteiger partial charge on any atom is 0.303 e. The van der Waals surface area contributed by atoms with E-state index in [0.717, 1.165) is 12.1 Å². The van der Waals surface area contributed by atoms with Crippen molar-refractivity contribution in [2.24, 2.45) is 5.41 Å². The Kier molecular flexibility index (Phi) is 9.63. The number of ether oxygens (including phenoxy) is 1. The number of hydrogen-bond donors (Lipinski definition) is 2. The molecule has 4 rings (SSSR count). The number of aryl methyl sites for hydroxylation is 1. The molecule has 3 aromatic rings. The van der Waals surface area contributed by atoms with E-state index >= 15 is 4.39 Å². The molecule has 0 saturated carbocycles. The third-order valence-electron chi connectivity index (χ3n) is 8.04. The Bertz CT molecular complexity index is 1320. The van der Waals surface area contributed by atoms with Crippen LogP contribution in [0.25, 0.3) is 10.9 Å². The lowest BCUT2D eigenvalue weighted by Gasteiger charge is -2.41. The van der Waals surface area contributed by atoms with Gasteiger partial charge in [-0.05, 0) is 99.5 Å². The summed E-state index contributed by atoms with van der Waals surface area (Å²) in [6.45, 7) is 1.50. The van der Waals surface area contributed by atoms with Crippen LogP contribution in [0.3, 0.4) is 0 Å². The largest absolute Gasteiger partial charge is 0.497 e. The van der Waals surface area contributed by atoms with Gasteiger partial charge in [-0.1, -0.05) is 0 Å². The van der Waals surface area contributed by atoms with E-state index in [1.54, 1.807) is 18.2 Å². The minimum Gasteiger partial charge on any atom is -0.497 e. The highest BCUT2D eigenvalue weighted by Gasteiger charge is 2.37. The molecule has 40 heavy (non-hydrogen) atoms. The summed E-state index contributed by atoms with van der Waals surface area (Å²) >= 11 is 0. The highest BCUT2D eigenvalue weighted by atomic mass is 19.2. The number of hydrogen-bond acceptors (Lipinski definition) is 5. The van der Waals surface area contributed by atoms with Crippen molar-refractivity contribution < 1.29 is 37.3 Å². The molecule has 2 N–H and O–H groups in total. The lowest BCUT2D eigenvalue weighted by Crippen LogP contribution is -2.41. The van der Waals surface area contributed by atoms with E-state index < -0.39 is 35.0 Å². The van der Waals surface area contributed by atoms with Crippen LogP contribution in [0.15, 0.2) is 36.5 Å². The van der Waals surface area contributed by atoms with Crippen LogP contribution in [-0.2, 0) is 17.8 Å². The number of aliphatic hydroxyl groups excluding tert-OH is 1. The summed E-state index contributed by atoms with van der Waals surface area (Å²) < 4.78 is 61.3. The van der Waals surface area contributed by atoms with Crippen molar-refractivity contribution in [1.29, 1.82) is 0 Å². The SMILES string of the molecule is COc1ccc2ncc(CO)c([C@H](F)CCC3(CC(=O)O)CCN(CCCc4cc(F)c(F)c(F)c4)CC3)c2c1. The minimum absolute atomic E-state index is 0.0700. The molecular formula is C30H34F4N2O4. The number of halogens is 4. The number of nitrogens with zero attached hydrogens (tertiary/aromatic N) is 2. The Morgan fingerprint density at radius 1 is 1.15 bits per heavy atom. The molecule has 2 heterocycles. The minimum atomic E-state index is -1.48. The van der Waals surface area contributed by atoms with Gasteiger partial charge in [-0.3, -0.25) is 9.78 Å². The number of rotatable bonds is 12. The second-order valence-corrected chi connectivity index (χ2v) is 10.6. The second kappa shape index (κ2) is 13.0. The molecule has 10 heteroatoms. The zero-order valence-electron chi connectivity index (χ0n) is 22.4. The number of carbonyl (C=O) groups is 1. The third-order valence-corrected chi connectivity index (χ3v) is 8.04. The number of aliphatic hydroxyl groups is 1. The summed E-state index contributed by atoms with van der Waals surface area (Å²) in [6, 6.07) is 7.17. The van der Waals surface area contributed by atoms with Crippen LogP contribution < -0.4 is 4.74 Å². The Labute approximate surface area is 230 Å². The third kappa shape index (κ3) is 6.90. The van der Waals surface area contributed by atoms with E-state index in [2.05, 4.69) is 9.88 Å².